The molecule has 0 bridgehead atoms. The van der Waals surface area contributed by atoms with E-state index in [1.54, 1.807) is 32.3 Å². The maximum absolute atomic E-state index is 11.3. The number of carbonyl (C=O) groups excluding carboxylic acids is 1. The highest BCUT2D eigenvalue weighted by molar-refractivity contribution is 5.98. The minimum Gasteiger partial charge on any atom is -0.393 e. The molecule has 1 aliphatic carbocycles. The third kappa shape index (κ3) is 5.24. The molecule has 3 heterocycles. The lowest BCUT2D eigenvalue weighted by molar-refractivity contribution is -0.114. The summed E-state index contributed by atoms with van der Waals surface area (Å²) in [5.74, 6) is 0.819. The van der Waals surface area contributed by atoms with Crippen molar-refractivity contribution >= 4 is 17.5 Å². The molecule has 8 nitrogen and oxygen atoms in total. The molecule has 150 valence electrons. The maximum atomic E-state index is 11.3. The first-order valence-corrected chi connectivity index (χ1v) is 9.61. The Morgan fingerprint density at radius 1 is 1.07 bits per heavy atom. The molecule has 2 aromatic heterocycles. The van der Waals surface area contributed by atoms with Crippen molar-refractivity contribution in [2.75, 3.05) is 17.2 Å². The third-order valence-corrected chi connectivity index (χ3v) is 4.71. The van der Waals surface area contributed by atoms with Crippen molar-refractivity contribution in [2.24, 2.45) is 0 Å². The average Bonchev–Trinajstić information content (AvgIpc) is 2.68. The second kappa shape index (κ2) is 8.62. The zero-order chi connectivity index (χ0) is 20.1. The molecule has 1 amide bonds. The first-order valence-electron chi connectivity index (χ1n) is 9.61. The SMILES string of the molecule is CC(C)(O)c1ccc(-c2cnc3c(n2)NC(=O)CN3)cn1.OC1CCCCC1. The van der Waals surface area contributed by atoms with Crippen molar-refractivity contribution in [3.8, 4) is 11.3 Å². The van der Waals surface area contributed by atoms with Crippen LogP contribution in [0.3, 0.4) is 0 Å². The van der Waals surface area contributed by atoms with Gasteiger partial charge >= 0.3 is 0 Å². The van der Waals surface area contributed by atoms with Crippen molar-refractivity contribution in [3.05, 3.63) is 30.2 Å². The number of aliphatic hydroxyl groups excluding tert-OH is 1. The molecule has 4 N–H and O–H groups in total. The highest BCUT2D eigenvalue weighted by atomic mass is 16.3. The topological polar surface area (TPSA) is 120 Å². The fourth-order valence-electron chi connectivity index (χ4n) is 3.07. The van der Waals surface area contributed by atoms with Gasteiger partial charge in [0.25, 0.3) is 0 Å². The van der Waals surface area contributed by atoms with E-state index in [2.05, 4.69) is 25.6 Å². The van der Waals surface area contributed by atoms with Crippen LogP contribution in [-0.4, -0.2) is 43.7 Å². The van der Waals surface area contributed by atoms with Crippen molar-refractivity contribution in [2.45, 2.75) is 57.7 Å². The summed E-state index contributed by atoms with van der Waals surface area (Å²) in [5, 5.41) is 24.4. The number of fused-ring (bicyclic) bond motifs is 1. The Morgan fingerprint density at radius 2 is 1.82 bits per heavy atom. The van der Waals surface area contributed by atoms with Crippen LogP contribution in [0.5, 0.6) is 0 Å². The van der Waals surface area contributed by atoms with E-state index in [4.69, 9.17) is 5.11 Å². The Bertz CT molecular complexity index is 812. The zero-order valence-corrected chi connectivity index (χ0v) is 16.3. The van der Waals surface area contributed by atoms with E-state index in [1.165, 1.54) is 19.3 Å². The molecule has 0 unspecified atom stereocenters. The first kappa shape index (κ1) is 20.2. The molecular weight excluding hydrogens is 358 g/mol. The predicted molar refractivity (Wildman–Crippen MR) is 107 cm³/mol. The largest absolute Gasteiger partial charge is 0.393 e. The van der Waals surface area contributed by atoms with Gasteiger partial charge in [0.05, 0.1) is 30.2 Å². The molecule has 1 aliphatic heterocycles. The molecule has 1 saturated carbocycles. The molecule has 28 heavy (non-hydrogen) atoms. The summed E-state index contributed by atoms with van der Waals surface area (Å²) in [6.07, 6.45) is 9.17. The molecule has 8 heteroatoms. The van der Waals surface area contributed by atoms with Crippen molar-refractivity contribution < 1.29 is 15.0 Å². The number of nitrogens with zero attached hydrogens (tertiary/aromatic N) is 3. The molecule has 0 atom stereocenters. The van der Waals surface area contributed by atoms with E-state index in [0.29, 0.717) is 23.0 Å². The van der Waals surface area contributed by atoms with Crippen LogP contribution in [0.4, 0.5) is 11.6 Å². The summed E-state index contributed by atoms with van der Waals surface area (Å²) in [6.45, 7) is 3.55. The molecule has 0 aromatic carbocycles. The number of nitrogens with one attached hydrogen (secondary N) is 2. The van der Waals surface area contributed by atoms with Gasteiger partial charge in [0.15, 0.2) is 11.6 Å². The summed E-state index contributed by atoms with van der Waals surface area (Å²) < 4.78 is 0. The van der Waals surface area contributed by atoms with Crippen molar-refractivity contribution in [1.82, 2.24) is 15.0 Å². The molecule has 0 radical (unpaired) electrons. The Kier molecular flexibility index (Phi) is 6.21. The second-order valence-electron chi connectivity index (χ2n) is 7.64. The molecule has 0 saturated heterocycles. The third-order valence-electron chi connectivity index (χ3n) is 4.71. The Balaban J connectivity index is 0.000000271. The molecule has 0 spiro atoms. The van der Waals surface area contributed by atoms with Crippen LogP contribution in [0.2, 0.25) is 0 Å². The number of anilines is 2. The van der Waals surface area contributed by atoms with E-state index < -0.39 is 5.60 Å². The summed E-state index contributed by atoms with van der Waals surface area (Å²) in [7, 11) is 0. The quantitative estimate of drug-likeness (QED) is 0.626. The van der Waals surface area contributed by atoms with Crippen LogP contribution < -0.4 is 10.6 Å². The van der Waals surface area contributed by atoms with Gasteiger partial charge in [0, 0.05) is 11.8 Å². The number of carbonyl (C=O) groups is 1. The zero-order valence-electron chi connectivity index (χ0n) is 16.3. The Labute approximate surface area is 164 Å². The molecule has 2 aromatic rings. The number of hydrogen-bond acceptors (Lipinski definition) is 7. The summed E-state index contributed by atoms with van der Waals surface area (Å²) in [6, 6.07) is 3.56. The number of aromatic nitrogens is 3. The van der Waals surface area contributed by atoms with Crippen LogP contribution in [0.25, 0.3) is 11.3 Å². The van der Waals surface area contributed by atoms with Crippen LogP contribution in [0.1, 0.15) is 51.6 Å². The van der Waals surface area contributed by atoms with Crippen molar-refractivity contribution in [3.63, 3.8) is 0 Å². The predicted octanol–water partition coefficient (Wildman–Crippen LogP) is 2.44. The molecule has 4 rings (SSSR count). The molecule has 2 aliphatic rings. The fraction of sp³-hybridized carbons (Fsp3) is 0.500. The number of rotatable bonds is 2. The van der Waals surface area contributed by atoms with Gasteiger partial charge in [-0.15, -0.1) is 0 Å². The van der Waals surface area contributed by atoms with E-state index in [1.807, 2.05) is 6.07 Å². The second-order valence-corrected chi connectivity index (χ2v) is 7.64. The van der Waals surface area contributed by atoms with Gasteiger partial charge in [-0.05, 0) is 38.8 Å². The van der Waals surface area contributed by atoms with Gasteiger partial charge < -0.3 is 20.8 Å². The lowest BCUT2D eigenvalue weighted by Crippen LogP contribution is -2.28. The number of pyridine rings is 1. The minimum atomic E-state index is -0.988. The maximum Gasteiger partial charge on any atom is 0.244 e. The van der Waals surface area contributed by atoms with E-state index in [9.17, 15) is 9.90 Å². The van der Waals surface area contributed by atoms with E-state index in [0.717, 1.165) is 18.4 Å². The number of amides is 1. The van der Waals surface area contributed by atoms with Gasteiger partial charge in [0.1, 0.15) is 5.60 Å². The van der Waals surface area contributed by atoms with Gasteiger partial charge in [-0.2, -0.15) is 0 Å². The van der Waals surface area contributed by atoms with Crippen LogP contribution in [0, 0.1) is 0 Å². The van der Waals surface area contributed by atoms with Crippen LogP contribution in [-0.2, 0) is 10.4 Å². The van der Waals surface area contributed by atoms with Crippen molar-refractivity contribution in [1.29, 1.82) is 0 Å². The highest BCUT2D eigenvalue weighted by Crippen LogP contribution is 2.25. The smallest absolute Gasteiger partial charge is 0.244 e. The van der Waals surface area contributed by atoms with Crippen LogP contribution in [0.15, 0.2) is 24.5 Å². The fourth-order valence-corrected chi connectivity index (χ4v) is 3.07. The molecular formula is C20H27N5O3. The summed E-state index contributed by atoms with van der Waals surface area (Å²) in [5.41, 5.74) is 0.954. The van der Waals surface area contributed by atoms with Gasteiger partial charge in [-0.3, -0.25) is 9.78 Å². The molecule has 1 fully saturated rings. The summed E-state index contributed by atoms with van der Waals surface area (Å²) in [4.78, 5) is 24.2. The lowest BCUT2D eigenvalue weighted by Gasteiger charge is -2.18. The minimum absolute atomic E-state index is 0.0359. The lowest BCUT2D eigenvalue weighted by atomic mass is 9.98. The summed E-state index contributed by atoms with van der Waals surface area (Å²) >= 11 is 0. The van der Waals surface area contributed by atoms with E-state index in [-0.39, 0.29) is 18.6 Å². The normalized spacial score (nSPS) is 16.9. The monoisotopic (exact) mass is 385 g/mol. The van der Waals surface area contributed by atoms with Gasteiger partial charge in [-0.1, -0.05) is 19.3 Å². The van der Waals surface area contributed by atoms with Gasteiger partial charge in [-0.25, -0.2) is 9.97 Å². The standard InChI is InChI=1S/C14H15N5O2.C6H12O/c1-14(2,21)10-4-3-8(5-15-10)9-6-16-12-13(18-9)19-11(20)7-17-12;7-6-4-2-1-3-5-6/h3-6,21H,7H2,1-2H3,(H,16,17)(H,18,19,20);6-7H,1-5H2. The average molecular weight is 385 g/mol. The van der Waals surface area contributed by atoms with Gasteiger partial charge in [0.2, 0.25) is 5.91 Å². The first-order chi connectivity index (χ1) is 13.3. The van der Waals surface area contributed by atoms with Crippen LogP contribution >= 0.6 is 0 Å². The number of hydrogen-bond donors (Lipinski definition) is 4. The highest BCUT2D eigenvalue weighted by Gasteiger charge is 2.19. The number of aliphatic hydroxyl groups is 2. The Morgan fingerprint density at radius 3 is 2.39 bits per heavy atom. The van der Waals surface area contributed by atoms with E-state index >= 15 is 0 Å². The Hall–Kier alpha value is -2.58.